The Morgan fingerprint density at radius 1 is 1.35 bits per heavy atom. The van der Waals surface area contributed by atoms with Gasteiger partial charge in [-0.3, -0.25) is 9.59 Å². The van der Waals surface area contributed by atoms with Gasteiger partial charge in [-0.05, 0) is 18.2 Å². The van der Waals surface area contributed by atoms with Gasteiger partial charge in [0.2, 0.25) is 0 Å². The van der Waals surface area contributed by atoms with Crippen molar-refractivity contribution in [2.45, 2.75) is 18.6 Å². The van der Waals surface area contributed by atoms with Gasteiger partial charge >= 0.3 is 18.1 Å². The Bertz CT molecular complexity index is 633. The molecule has 126 valence electrons. The highest BCUT2D eigenvalue weighted by Gasteiger charge is 2.41. The summed E-state index contributed by atoms with van der Waals surface area (Å²) >= 11 is 5.80. The van der Waals surface area contributed by atoms with E-state index in [0.717, 1.165) is 0 Å². The molecule has 0 aliphatic rings. The Kier molecular flexibility index (Phi) is 5.97. The lowest BCUT2D eigenvalue weighted by molar-refractivity contribution is -0.175. The number of alkyl halides is 3. The zero-order valence-electron chi connectivity index (χ0n) is 11.6. The van der Waals surface area contributed by atoms with Crippen molar-refractivity contribution >= 4 is 29.3 Å². The fraction of sp³-hybridized carbons (Fsp3) is 0.308. The Balaban J connectivity index is 2.88. The Morgan fingerprint density at radius 3 is 2.39 bits per heavy atom. The van der Waals surface area contributed by atoms with E-state index < -0.39 is 36.3 Å². The lowest BCUT2D eigenvalue weighted by Gasteiger charge is -2.15. The minimum atomic E-state index is -5.25. The number of hydrogen-bond donors (Lipinski definition) is 2. The van der Waals surface area contributed by atoms with Gasteiger partial charge in [-0.1, -0.05) is 11.6 Å². The van der Waals surface area contributed by atoms with Crippen LogP contribution in [-0.4, -0.2) is 42.1 Å². The fourth-order valence-corrected chi connectivity index (χ4v) is 1.84. The van der Waals surface area contributed by atoms with Crippen molar-refractivity contribution in [1.29, 1.82) is 0 Å². The van der Waals surface area contributed by atoms with Crippen LogP contribution >= 0.6 is 11.6 Å². The number of benzene rings is 1. The normalized spacial score (nSPS) is 12.4. The van der Waals surface area contributed by atoms with Crippen LogP contribution in [0.3, 0.4) is 0 Å². The highest BCUT2D eigenvalue weighted by molar-refractivity contribution is 6.32. The first kappa shape index (κ1) is 18.8. The summed E-state index contributed by atoms with van der Waals surface area (Å²) in [5.41, 5.74) is -0.0247. The second kappa shape index (κ2) is 7.32. The molecule has 0 aliphatic carbocycles. The number of rotatable bonds is 6. The standard InChI is InChI=1S/C13H11ClF3NO5/c1-23-10-3-2-6(4-7(10)14)9(19)5-8(11(20)21)18-12(22)13(15,16)17/h2-4,8H,5H2,1H3,(H,18,22)(H,20,21)/t8-/m1/s1. The van der Waals surface area contributed by atoms with E-state index in [4.69, 9.17) is 21.4 Å². The molecule has 2 N–H and O–H groups in total. The monoisotopic (exact) mass is 353 g/mol. The summed E-state index contributed by atoms with van der Waals surface area (Å²) in [6.07, 6.45) is -6.11. The van der Waals surface area contributed by atoms with E-state index in [0.29, 0.717) is 0 Å². The highest BCUT2D eigenvalue weighted by atomic mass is 35.5. The number of halogens is 4. The summed E-state index contributed by atoms with van der Waals surface area (Å²) in [5, 5.41) is 10.2. The summed E-state index contributed by atoms with van der Waals surface area (Å²) in [7, 11) is 1.34. The van der Waals surface area contributed by atoms with Gasteiger partial charge in [0.15, 0.2) is 5.78 Å². The number of carboxylic acids is 1. The number of ether oxygens (including phenoxy) is 1. The average Bonchev–Trinajstić information content (AvgIpc) is 2.44. The molecule has 0 saturated heterocycles. The quantitative estimate of drug-likeness (QED) is 0.764. The first-order chi connectivity index (χ1) is 10.6. The number of carbonyl (C=O) groups is 3. The zero-order chi connectivity index (χ0) is 17.8. The first-order valence-corrected chi connectivity index (χ1v) is 6.41. The number of amides is 1. The van der Waals surface area contributed by atoms with Gasteiger partial charge in [-0.2, -0.15) is 13.2 Å². The average molecular weight is 354 g/mol. The third-order valence-corrected chi connectivity index (χ3v) is 3.02. The van der Waals surface area contributed by atoms with Crippen LogP contribution in [0.1, 0.15) is 16.8 Å². The molecule has 0 aromatic heterocycles. The molecular weight excluding hydrogens is 343 g/mol. The first-order valence-electron chi connectivity index (χ1n) is 6.03. The number of ketones is 1. The summed E-state index contributed by atoms with van der Waals surface area (Å²) in [6.45, 7) is 0. The predicted octanol–water partition coefficient (Wildman–Crippen LogP) is 2.05. The minimum absolute atomic E-state index is 0.0247. The van der Waals surface area contributed by atoms with Crippen LogP contribution in [0.25, 0.3) is 0 Å². The van der Waals surface area contributed by atoms with Crippen molar-refractivity contribution in [1.82, 2.24) is 5.32 Å². The lowest BCUT2D eigenvalue weighted by Crippen LogP contribution is -2.47. The van der Waals surface area contributed by atoms with E-state index in [9.17, 15) is 27.6 Å². The van der Waals surface area contributed by atoms with E-state index in [1.54, 1.807) is 0 Å². The molecule has 0 fully saturated rings. The molecule has 0 radical (unpaired) electrons. The summed E-state index contributed by atoms with van der Waals surface area (Å²) in [4.78, 5) is 33.6. The topological polar surface area (TPSA) is 92.7 Å². The van der Waals surface area contributed by atoms with E-state index >= 15 is 0 Å². The number of Topliss-reactive ketones (excluding diaryl/α,β-unsaturated/α-hetero) is 1. The van der Waals surface area contributed by atoms with Gasteiger partial charge in [-0.15, -0.1) is 0 Å². The maximum Gasteiger partial charge on any atom is 0.471 e. The van der Waals surface area contributed by atoms with Crippen LogP contribution < -0.4 is 10.1 Å². The SMILES string of the molecule is COc1ccc(C(=O)C[C@@H](NC(=O)C(F)(F)F)C(=O)O)cc1Cl. The highest BCUT2D eigenvalue weighted by Crippen LogP contribution is 2.25. The minimum Gasteiger partial charge on any atom is -0.495 e. The zero-order valence-corrected chi connectivity index (χ0v) is 12.4. The van der Waals surface area contributed by atoms with Crippen LogP contribution in [-0.2, 0) is 9.59 Å². The van der Waals surface area contributed by atoms with Crippen molar-refractivity contribution in [2.24, 2.45) is 0 Å². The molecule has 23 heavy (non-hydrogen) atoms. The molecular formula is C13H11ClF3NO5. The number of aliphatic carboxylic acids is 1. The largest absolute Gasteiger partial charge is 0.495 e. The van der Waals surface area contributed by atoms with Crippen LogP contribution in [0.15, 0.2) is 18.2 Å². The van der Waals surface area contributed by atoms with Gasteiger partial charge in [0.1, 0.15) is 11.8 Å². The van der Waals surface area contributed by atoms with E-state index in [1.165, 1.54) is 30.6 Å². The summed E-state index contributed by atoms with van der Waals surface area (Å²) < 4.78 is 41.3. The molecule has 0 aliphatic heterocycles. The van der Waals surface area contributed by atoms with Gasteiger partial charge in [0.25, 0.3) is 0 Å². The third kappa shape index (κ3) is 5.13. The van der Waals surface area contributed by atoms with Crippen LogP contribution in [0.4, 0.5) is 13.2 Å². The van der Waals surface area contributed by atoms with E-state index in [2.05, 4.69) is 0 Å². The molecule has 10 heteroatoms. The van der Waals surface area contributed by atoms with Crippen molar-refractivity contribution < 1.29 is 37.4 Å². The van der Waals surface area contributed by atoms with Crippen molar-refractivity contribution in [3.63, 3.8) is 0 Å². The second-order valence-corrected chi connectivity index (χ2v) is 4.75. The molecule has 6 nitrogen and oxygen atoms in total. The van der Waals surface area contributed by atoms with Crippen LogP contribution in [0.5, 0.6) is 5.75 Å². The molecule has 0 bridgehead atoms. The van der Waals surface area contributed by atoms with Crippen LogP contribution in [0.2, 0.25) is 5.02 Å². The fourth-order valence-electron chi connectivity index (χ4n) is 1.58. The lowest BCUT2D eigenvalue weighted by atomic mass is 10.0. The molecule has 1 atom stereocenters. The van der Waals surface area contributed by atoms with Crippen molar-refractivity contribution in [3.05, 3.63) is 28.8 Å². The number of methoxy groups -OCH3 is 1. The maximum absolute atomic E-state index is 12.1. The molecule has 0 spiro atoms. The number of carbonyl (C=O) groups excluding carboxylic acids is 2. The van der Waals surface area contributed by atoms with E-state index in [1.807, 2.05) is 0 Å². The Morgan fingerprint density at radius 2 is 1.96 bits per heavy atom. The molecule has 1 amide bonds. The summed E-state index contributed by atoms with van der Waals surface area (Å²) in [5.74, 6) is -4.74. The maximum atomic E-state index is 12.1. The Labute approximate surface area is 133 Å². The third-order valence-electron chi connectivity index (χ3n) is 2.72. The van der Waals surface area contributed by atoms with Crippen LogP contribution in [0, 0.1) is 0 Å². The molecule has 0 unspecified atom stereocenters. The Hall–Kier alpha value is -2.29. The molecule has 0 saturated carbocycles. The molecule has 1 aromatic carbocycles. The second-order valence-electron chi connectivity index (χ2n) is 4.34. The number of nitrogens with one attached hydrogen (secondary N) is 1. The van der Waals surface area contributed by atoms with Gasteiger partial charge in [0.05, 0.1) is 12.1 Å². The van der Waals surface area contributed by atoms with Gasteiger partial charge in [0, 0.05) is 12.0 Å². The van der Waals surface area contributed by atoms with E-state index in [-0.39, 0.29) is 16.3 Å². The smallest absolute Gasteiger partial charge is 0.471 e. The van der Waals surface area contributed by atoms with Crippen molar-refractivity contribution in [3.8, 4) is 5.75 Å². The van der Waals surface area contributed by atoms with Gasteiger partial charge in [-0.25, -0.2) is 4.79 Å². The van der Waals surface area contributed by atoms with Gasteiger partial charge < -0.3 is 15.2 Å². The summed E-state index contributed by atoms with van der Waals surface area (Å²) in [6, 6.07) is 1.79. The predicted molar refractivity (Wildman–Crippen MR) is 72.6 cm³/mol. The van der Waals surface area contributed by atoms with Crippen molar-refractivity contribution in [2.75, 3.05) is 7.11 Å². The number of hydrogen-bond acceptors (Lipinski definition) is 4. The molecule has 1 aromatic rings. The number of carboxylic acid groups (broad SMARTS) is 1. The molecule has 1 rings (SSSR count). The molecule has 0 heterocycles.